The number of amides is 4. The Bertz CT molecular complexity index is 864. The van der Waals surface area contributed by atoms with Gasteiger partial charge in [0.2, 0.25) is 17.7 Å². The van der Waals surface area contributed by atoms with Gasteiger partial charge in [0.1, 0.15) is 29.9 Å². The fourth-order valence-corrected chi connectivity index (χ4v) is 6.07. The van der Waals surface area contributed by atoms with Crippen LogP contribution in [0.5, 0.6) is 0 Å². The van der Waals surface area contributed by atoms with Gasteiger partial charge in [-0.15, -0.1) is 0 Å². The average Bonchev–Trinajstić information content (AvgIpc) is 2.81. The molecule has 0 aromatic rings. The van der Waals surface area contributed by atoms with Gasteiger partial charge < -0.3 is 26.0 Å². The molecule has 0 aliphatic carbocycles. The fourth-order valence-electron chi connectivity index (χ4n) is 3.76. The van der Waals surface area contributed by atoms with Gasteiger partial charge >= 0.3 is 5.97 Å². The molecule has 2 bridgehead atoms. The molecule has 4 N–H and O–H groups in total. The van der Waals surface area contributed by atoms with E-state index in [1.54, 1.807) is 45.4 Å². The standard InChI is InChI=1S/C24H38N4O6S2/c1-6-16-21(30)28-20(14(4)5)24(33)34-15-9-7-8-10-35-36-12-17(22(31)25-16)26-23(32)19(13(2)3)27-18(29)11-15/h6,13-15,17,19-20H,7-12H2,1-5H3,(H,25,31)(H,26,32)(H,27,29)(H,28,30)/b16-6-. The summed E-state index contributed by atoms with van der Waals surface area (Å²) in [6.07, 6.45) is 2.68. The highest BCUT2D eigenvalue weighted by atomic mass is 33.1. The van der Waals surface area contributed by atoms with Gasteiger partial charge in [0.05, 0.1) is 6.42 Å². The van der Waals surface area contributed by atoms with E-state index in [0.717, 1.165) is 18.6 Å². The Kier molecular flexibility index (Phi) is 12.1. The smallest absolute Gasteiger partial charge is 0.329 e. The third-order valence-corrected chi connectivity index (χ3v) is 8.41. The molecule has 12 heteroatoms. The molecule has 0 aromatic heterocycles. The lowest BCUT2D eigenvalue weighted by Gasteiger charge is -2.28. The van der Waals surface area contributed by atoms with Crippen LogP contribution in [0, 0.1) is 11.8 Å². The van der Waals surface area contributed by atoms with Gasteiger partial charge in [0.15, 0.2) is 0 Å². The van der Waals surface area contributed by atoms with Crippen molar-refractivity contribution in [3.05, 3.63) is 11.8 Å². The molecule has 4 atom stereocenters. The third kappa shape index (κ3) is 9.02. The number of carbonyl (C=O) groups excluding carboxylic acids is 5. The van der Waals surface area contributed by atoms with Crippen LogP contribution in [0.15, 0.2) is 11.8 Å². The lowest BCUT2D eigenvalue weighted by Crippen LogP contribution is -2.57. The number of fused-ring (bicyclic) bond motifs is 7. The molecular weight excluding hydrogens is 504 g/mol. The first-order valence-electron chi connectivity index (χ1n) is 12.4. The molecular formula is C24H38N4O6S2. The molecule has 2 aliphatic heterocycles. The highest BCUT2D eigenvalue weighted by Gasteiger charge is 2.34. The Labute approximate surface area is 220 Å². The zero-order valence-corrected chi connectivity index (χ0v) is 23.2. The topological polar surface area (TPSA) is 143 Å². The minimum absolute atomic E-state index is 0.0305. The third-order valence-electron chi connectivity index (χ3n) is 5.91. The molecule has 2 saturated heterocycles. The van der Waals surface area contributed by atoms with Gasteiger partial charge in [-0.3, -0.25) is 19.2 Å². The first-order valence-corrected chi connectivity index (χ1v) is 14.8. The van der Waals surface area contributed by atoms with Crippen LogP contribution in [0.2, 0.25) is 0 Å². The molecule has 202 valence electrons. The Morgan fingerprint density at radius 3 is 2.22 bits per heavy atom. The van der Waals surface area contributed by atoms with Crippen molar-refractivity contribution >= 4 is 51.2 Å². The van der Waals surface area contributed by atoms with Crippen molar-refractivity contribution in [1.82, 2.24) is 21.3 Å². The van der Waals surface area contributed by atoms with Gasteiger partial charge in [-0.05, 0) is 38.0 Å². The Balaban J connectivity index is 2.52. The van der Waals surface area contributed by atoms with Crippen LogP contribution in [0.4, 0.5) is 0 Å². The summed E-state index contributed by atoms with van der Waals surface area (Å²) in [5.74, 6) is -2.24. The van der Waals surface area contributed by atoms with Crippen molar-refractivity contribution in [2.45, 2.75) is 84.5 Å². The van der Waals surface area contributed by atoms with E-state index in [0.29, 0.717) is 6.42 Å². The van der Waals surface area contributed by atoms with Crippen LogP contribution in [0.1, 0.15) is 60.3 Å². The van der Waals surface area contributed by atoms with Crippen LogP contribution in [-0.2, 0) is 28.7 Å². The first kappa shape index (κ1) is 30.0. The van der Waals surface area contributed by atoms with E-state index in [1.165, 1.54) is 16.9 Å². The minimum atomic E-state index is -0.969. The van der Waals surface area contributed by atoms with E-state index < -0.39 is 53.8 Å². The maximum Gasteiger partial charge on any atom is 0.329 e. The molecule has 2 heterocycles. The lowest BCUT2D eigenvalue weighted by atomic mass is 10.0. The van der Waals surface area contributed by atoms with Crippen molar-refractivity contribution in [2.24, 2.45) is 11.8 Å². The van der Waals surface area contributed by atoms with E-state index in [9.17, 15) is 24.0 Å². The van der Waals surface area contributed by atoms with E-state index in [-0.39, 0.29) is 29.7 Å². The number of esters is 1. The van der Waals surface area contributed by atoms with Crippen LogP contribution in [0.25, 0.3) is 0 Å². The molecule has 2 rings (SSSR count). The number of hydrogen-bond acceptors (Lipinski definition) is 8. The maximum atomic E-state index is 13.2. The van der Waals surface area contributed by atoms with E-state index >= 15 is 0 Å². The molecule has 4 amide bonds. The summed E-state index contributed by atoms with van der Waals surface area (Å²) >= 11 is 0. The molecule has 36 heavy (non-hydrogen) atoms. The summed E-state index contributed by atoms with van der Waals surface area (Å²) in [7, 11) is 3.03. The summed E-state index contributed by atoms with van der Waals surface area (Å²) in [5, 5.41) is 10.8. The van der Waals surface area contributed by atoms with Crippen molar-refractivity contribution in [1.29, 1.82) is 0 Å². The van der Waals surface area contributed by atoms with Gasteiger partial charge in [-0.25, -0.2) is 4.79 Å². The molecule has 4 unspecified atom stereocenters. The second kappa shape index (κ2) is 14.5. The molecule has 2 aliphatic rings. The molecule has 0 aromatic carbocycles. The fraction of sp³-hybridized carbons (Fsp3) is 0.708. The second-order valence-electron chi connectivity index (χ2n) is 9.60. The van der Waals surface area contributed by atoms with Crippen molar-refractivity contribution in [2.75, 3.05) is 11.5 Å². The number of rotatable bonds is 2. The summed E-state index contributed by atoms with van der Waals surface area (Å²) in [5.41, 5.74) is -0.0305. The summed E-state index contributed by atoms with van der Waals surface area (Å²) in [6.45, 7) is 8.73. The second-order valence-corrected chi connectivity index (χ2v) is 12.2. The monoisotopic (exact) mass is 542 g/mol. The van der Waals surface area contributed by atoms with E-state index in [2.05, 4.69) is 21.3 Å². The van der Waals surface area contributed by atoms with Gasteiger partial charge in [0.25, 0.3) is 5.91 Å². The number of hydrogen-bond donors (Lipinski definition) is 4. The lowest BCUT2D eigenvalue weighted by molar-refractivity contribution is -0.156. The summed E-state index contributed by atoms with van der Waals surface area (Å²) in [6, 6.07) is -2.79. The normalized spacial score (nSPS) is 29.2. The number of allylic oxidation sites excluding steroid dienone is 1. The van der Waals surface area contributed by atoms with Crippen LogP contribution in [-0.4, -0.2) is 65.3 Å². The van der Waals surface area contributed by atoms with Crippen molar-refractivity contribution in [3.63, 3.8) is 0 Å². The van der Waals surface area contributed by atoms with Crippen molar-refractivity contribution < 1.29 is 28.7 Å². The van der Waals surface area contributed by atoms with Crippen LogP contribution < -0.4 is 21.3 Å². The Morgan fingerprint density at radius 1 is 0.889 bits per heavy atom. The molecule has 10 nitrogen and oxygen atoms in total. The molecule has 2 fully saturated rings. The Morgan fingerprint density at radius 2 is 1.58 bits per heavy atom. The SMILES string of the molecule is C/C=C1\NC(=O)C2CSSCCCCC(CC(=O)NC(C(C)C)C(=O)N2)OC(=O)C(C(C)C)NC1=O. The number of nitrogens with one attached hydrogen (secondary N) is 4. The first-order chi connectivity index (χ1) is 17.0. The highest BCUT2D eigenvalue weighted by Crippen LogP contribution is 2.25. The molecule has 0 saturated carbocycles. The van der Waals surface area contributed by atoms with Crippen molar-refractivity contribution in [3.8, 4) is 0 Å². The van der Waals surface area contributed by atoms with Gasteiger partial charge in [-0.2, -0.15) is 0 Å². The predicted molar refractivity (Wildman–Crippen MR) is 141 cm³/mol. The maximum absolute atomic E-state index is 13.2. The quantitative estimate of drug-likeness (QED) is 0.234. The van der Waals surface area contributed by atoms with Crippen LogP contribution in [0.3, 0.4) is 0 Å². The molecule has 0 spiro atoms. The zero-order valence-electron chi connectivity index (χ0n) is 21.6. The summed E-state index contributed by atoms with van der Waals surface area (Å²) < 4.78 is 5.74. The van der Waals surface area contributed by atoms with Gasteiger partial charge in [-0.1, -0.05) is 55.4 Å². The summed E-state index contributed by atoms with van der Waals surface area (Å²) in [4.78, 5) is 65.3. The van der Waals surface area contributed by atoms with E-state index in [4.69, 9.17) is 4.74 Å². The number of carbonyl (C=O) groups is 5. The zero-order chi connectivity index (χ0) is 26.8. The van der Waals surface area contributed by atoms with Gasteiger partial charge in [0, 0.05) is 11.5 Å². The predicted octanol–water partition coefficient (Wildman–Crippen LogP) is 1.65. The van der Waals surface area contributed by atoms with E-state index in [1.807, 2.05) is 0 Å². The average molecular weight is 543 g/mol. The van der Waals surface area contributed by atoms with Crippen LogP contribution >= 0.6 is 21.6 Å². The Hall–Kier alpha value is -2.21. The number of ether oxygens (including phenoxy) is 1. The highest BCUT2D eigenvalue weighted by molar-refractivity contribution is 8.76. The largest absolute Gasteiger partial charge is 0.460 e. The molecule has 0 radical (unpaired) electrons. The minimum Gasteiger partial charge on any atom is -0.460 e.